The number of fused-ring (bicyclic) bond motifs is 1. The Morgan fingerprint density at radius 1 is 1.15 bits per heavy atom. The molecular weight excluding hydrogens is 350 g/mol. The van der Waals surface area contributed by atoms with Crippen LogP contribution in [0.2, 0.25) is 0 Å². The minimum absolute atomic E-state index is 0.0127. The van der Waals surface area contributed by atoms with Gasteiger partial charge in [0.2, 0.25) is 11.8 Å². The minimum Gasteiger partial charge on any atom is -0.325 e. The molecule has 0 unspecified atom stereocenters. The number of nitrogens with zero attached hydrogens (tertiary/aromatic N) is 4. The van der Waals surface area contributed by atoms with Gasteiger partial charge in [0.05, 0.1) is 17.1 Å². The Balaban J connectivity index is 1.45. The fraction of sp³-hybridized carbons (Fsp3) is 0.111. The van der Waals surface area contributed by atoms with Gasteiger partial charge in [-0.15, -0.1) is 11.8 Å². The van der Waals surface area contributed by atoms with Crippen LogP contribution in [0.1, 0.15) is 0 Å². The van der Waals surface area contributed by atoms with E-state index in [0.717, 1.165) is 16.3 Å². The molecule has 0 saturated heterocycles. The average Bonchev–Trinajstić information content (AvgIpc) is 3.19. The molecule has 0 saturated carbocycles. The zero-order valence-corrected chi connectivity index (χ0v) is 14.5. The number of amides is 2. The van der Waals surface area contributed by atoms with Crippen molar-refractivity contribution in [2.24, 2.45) is 0 Å². The van der Waals surface area contributed by atoms with Crippen molar-refractivity contribution in [1.82, 2.24) is 14.8 Å². The first-order chi connectivity index (χ1) is 12.7. The first-order valence-electron chi connectivity index (χ1n) is 7.98. The third-order valence-electron chi connectivity index (χ3n) is 3.94. The predicted molar refractivity (Wildman–Crippen MR) is 99.5 cm³/mol. The summed E-state index contributed by atoms with van der Waals surface area (Å²) in [4.78, 5) is 31.1. The Hall–Kier alpha value is -3.13. The normalized spacial score (nSPS) is 13.4. The molecule has 7 nitrogen and oxygen atoms in total. The number of thioether (sulfide) groups is 1. The van der Waals surface area contributed by atoms with Gasteiger partial charge in [0.15, 0.2) is 0 Å². The number of benzene rings is 2. The number of nitrogens with one attached hydrogen (secondary N) is 1. The zero-order valence-electron chi connectivity index (χ0n) is 13.7. The predicted octanol–water partition coefficient (Wildman–Crippen LogP) is 2.34. The summed E-state index contributed by atoms with van der Waals surface area (Å²) < 4.78 is 1.63. The smallest absolute Gasteiger partial charge is 0.244 e. The molecule has 130 valence electrons. The Labute approximate surface area is 154 Å². The molecule has 2 heterocycles. The molecule has 0 fully saturated rings. The highest BCUT2D eigenvalue weighted by Gasteiger charge is 2.26. The van der Waals surface area contributed by atoms with Crippen LogP contribution < -0.4 is 10.2 Å². The number of carbonyl (C=O) groups excluding carboxylic acids is 2. The Bertz CT molecular complexity index is 940. The van der Waals surface area contributed by atoms with Crippen LogP contribution in [0.25, 0.3) is 5.69 Å². The average molecular weight is 365 g/mol. The van der Waals surface area contributed by atoms with Crippen molar-refractivity contribution in [3.63, 3.8) is 0 Å². The SMILES string of the molecule is O=C(CN1C(=O)CSc2ccccc21)Nc1ccc(-n2cncn2)cc1. The largest absolute Gasteiger partial charge is 0.325 e. The summed E-state index contributed by atoms with van der Waals surface area (Å²) in [5, 5.41) is 6.88. The summed E-state index contributed by atoms with van der Waals surface area (Å²) in [5.41, 5.74) is 2.29. The van der Waals surface area contributed by atoms with E-state index in [1.165, 1.54) is 23.0 Å². The second kappa shape index (κ2) is 7.01. The van der Waals surface area contributed by atoms with E-state index in [1.54, 1.807) is 23.1 Å². The fourth-order valence-electron chi connectivity index (χ4n) is 2.71. The van der Waals surface area contributed by atoms with E-state index in [0.29, 0.717) is 11.4 Å². The molecule has 0 radical (unpaired) electrons. The van der Waals surface area contributed by atoms with E-state index < -0.39 is 0 Å². The van der Waals surface area contributed by atoms with E-state index in [2.05, 4.69) is 15.4 Å². The van der Waals surface area contributed by atoms with Crippen molar-refractivity contribution in [1.29, 1.82) is 0 Å². The van der Waals surface area contributed by atoms with Gasteiger partial charge < -0.3 is 10.2 Å². The summed E-state index contributed by atoms with van der Waals surface area (Å²) in [7, 11) is 0. The Morgan fingerprint density at radius 2 is 1.96 bits per heavy atom. The molecule has 0 spiro atoms. The number of aromatic nitrogens is 3. The third-order valence-corrected chi connectivity index (χ3v) is 4.99. The molecule has 1 aliphatic rings. The van der Waals surface area contributed by atoms with Crippen LogP contribution >= 0.6 is 11.8 Å². The molecule has 26 heavy (non-hydrogen) atoms. The molecule has 0 atom stereocenters. The van der Waals surface area contributed by atoms with E-state index in [1.807, 2.05) is 36.4 Å². The van der Waals surface area contributed by atoms with Gasteiger partial charge >= 0.3 is 0 Å². The lowest BCUT2D eigenvalue weighted by Gasteiger charge is -2.28. The molecule has 1 aliphatic heterocycles. The van der Waals surface area contributed by atoms with E-state index in [-0.39, 0.29) is 18.4 Å². The van der Waals surface area contributed by atoms with Gasteiger partial charge in [-0.25, -0.2) is 9.67 Å². The van der Waals surface area contributed by atoms with Crippen LogP contribution in [0.3, 0.4) is 0 Å². The van der Waals surface area contributed by atoms with E-state index >= 15 is 0 Å². The standard InChI is InChI=1S/C18H15N5O2S/c24-17(9-22-15-3-1-2-4-16(15)26-10-18(22)25)21-13-5-7-14(8-6-13)23-12-19-11-20-23/h1-8,11-12H,9-10H2,(H,21,24). The molecule has 3 aromatic rings. The maximum absolute atomic E-state index is 12.4. The topological polar surface area (TPSA) is 80.1 Å². The number of hydrogen-bond acceptors (Lipinski definition) is 5. The van der Waals surface area contributed by atoms with Crippen molar-refractivity contribution in [3.05, 3.63) is 61.2 Å². The van der Waals surface area contributed by atoms with Gasteiger partial charge in [0.1, 0.15) is 19.2 Å². The van der Waals surface area contributed by atoms with Crippen LogP contribution in [-0.4, -0.2) is 38.9 Å². The van der Waals surface area contributed by atoms with Gasteiger partial charge in [-0.1, -0.05) is 12.1 Å². The monoisotopic (exact) mass is 365 g/mol. The van der Waals surface area contributed by atoms with E-state index in [4.69, 9.17) is 0 Å². The lowest BCUT2D eigenvalue weighted by molar-refractivity contribution is -0.120. The van der Waals surface area contributed by atoms with Crippen LogP contribution in [0, 0.1) is 0 Å². The van der Waals surface area contributed by atoms with Crippen molar-refractivity contribution in [2.75, 3.05) is 22.5 Å². The molecule has 0 bridgehead atoms. The first-order valence-corrected chi connectivity index (χ1v) is 8.96. The molecule has 1 aromatic heterocycles. The summed E-state index contributed by atoms with van der Waals surface area (Å²) in [5.74, 6) is 0.0376. The molecule has 4 rings (SSSR count). The minimum atomic E-state index is -0.242. The Kier molecular flexibility index (Phi) is 4.40. The van der Waals surface area contributed by atoms with Crippen molar-refractivity contribution < 1.29 is 9.59 Å². The maximum atomic E-state index is 12.4. The second-order valence-corrected chi connectivity index (χ2v) is 6.69. The quantitative estimate of drug-likeness (QED) is 0.768. The molecule has 1 N–H and O–H groups in total. The molecule has 8 heteroatoms. The van der Waals surface area contributed by atoms with Crippen LogP contribution in [0.4, 0.5) is 11.4 Å². The van der Waals surface area contributed by atoms with Crippen molar-refractivity contribution in [2.45, 2.75) is 4.90 Å². The lowest BCUT2D eigenvalue weighted by Crippen LogP contribution is -2.41. The summed E-state index contributed by atoms with van der Waals surface area (Å²) in [6, 6.07) is 14.9. The summed E-state index contributed by atoms with van der Waals surface area (Å²) in [6.45, 7) is -0.0127. The van der Waals surface area contributed by atoms with Gasteiger partial charge in [0.25, 0.3) is 0 Å². The zero-order chi connectivity index (χ0) is 17.9. The summed E-state index contributed by atoms with van der Waals surface area (Å²) in [6.07, 6.45) is 3.06. The van der Waals surface area contributed by atoms with Crippen LogP contribution in [0.15, 0.2) is 66.1 Å². The highest BCUT2D eigenvalue weighted by atomic mass is 32.2. The number of anilines is 2. The maximum Gasteiger partial charge on any atom is 0.244 e. The molecule has 0 aliphatic carbocycles. The Morgan fingerprint density at radius 3 is 2.73 bits per heavy atom. The van der Waals surface area contributed by atoms with Crippen molar-refractivity contribution >= 4 is 35.0 Å². The molecular formula is C18H15N5O2S. The number of rotatable bonds is 4. The van der Waals surface area contributed by atoms with Gasteiger partial charge in [-0.05, 0) is 36.4 Å². The first kappa shape index (κ1) is 16.3. The molecule has 2 amide bonds. The van der Waals surface area contributed by atoms with Crippen molar-refractivity contribution in [3.8, 4) is 5.69 Å². The highest BCUT2D eigenvalue weighted by molar-refractivity contribution is 8.00. The van der Waals surface area contributed by atoms with E-state index in [9.17, 15) is 9.59 Å². The van der Waals surface area contributed by atoms with Gasteiger partial charge in [-0.2, -0.15) is 5.10 Å². The van der Waals surface area contributed by atoms with Crippen LogP contribution in [0.5, 0.6) is 0 Å². The summed E-state index contributed by atoms with van der Waals surface area (Å²) >= 11 is 1.50. The fourth-order valence-corrected chi connectivity index (χ4v) is 3.65. The highest BCUT2D eigenvalue weighted by Crippen LogP contribution is 2.34. The lowest BCUT2D eigenvalue weighted by atomic mass is 10.2. The van der Waals surface area contributed by atoms with Crippen LogP contribution in [-0.2, 0) is 9.59 Å². The molecule has 2 aromatic carbocycles. The number of para-hydroxylation sites is 1. The number of carbonyl (C=O) groups is 2. The van der Waals surface area contributed by atoms with Gasteiger partial charge in [0, 0.05) is 10.6 Å². The van der Waals surface area contributed by atoms with Gasteiger partial charge in [-0.3, -0.25) is 9.59 Å². The number of hydrogen-bond donors (Lipinski definition) is 1. The third kappa shape index (κ3) is 3.31. The second-order valence-electron chi connectivity index (χ2n) is 5.67.